The second-order valence-electron chi connectivity index (χ2n) is 3.77. The molecule has 2 aromatic rings. The summed E-state index contributed by atoms with van der Waals surface area (Å²) in [5.74, 6) is 0.531. The maximum absolute atomic E-state index is 10.1. The van der Waals surface area contributed by atoms with Crippen LogP contribution in [0.1, 0.15) is 11.7 Å². The largest absolute Gasteiger partial charge is 0.398 e. The number of benzene rings is 1. The molecule has 0 aliphatic carbocycles. The summed E-state index contributed by atoms with van der Waals surface area (Å²) in [6.07, 6.45) is 1.16. The number of aliphatic hydroxyl groups excluding tert-OH is 1. The van der Waals surface area contributed by atoms with Crippen LogP contribution < -0.4 is 5.73 Å². The van der Waals surface area contributed by atoms with Crippen LogP contribution in [0.15, 0.2) is 52.1 Å². The number of nitrogens with zero attached hydrogens (tertiary/aromatic N) is 1. The van der Waals surface area contributed by atoms with Gasteiger partial charge in [-0.2, -0.15) is 0 Å². The summed E-state index contributed by atoms with van der Waals surface area (Å²) in [6, 6.07) is 11.2. The minimum Gasteiger partial charge on any atom is -0.398 e. The Hall–Kier alpha value is -1.04. The standard InChI is InChI=1S/C13H13BrN2OS/c14-9-5-6-13(16-7-9)18-8-12(17)10-3-1-2-4-11(10)15/h1-7,12,17H,8,15H2. The molecule has 1 unspecified atom stereocenters. The Balaban J connectivity index is 1.98. The van der Waals surface area contributed by atoms with E-state index in [-0.39, 0.29) is 0 Å². The topological polar surface area (TPSA) is 59.1 Å². The van der Waals surface area contributed by atoms with Crippen molar-refractivity contribution < 1.29 is 5.11 Å². The van der Waals surface area contributed by atoms with Crippen LogP contribution in [-0.2, 0) is 0 Å². The molecule has 0 radical (unpaired) electrons. The number of aliphatic hydroxyl groups is 1. The highest BCUT2D eigenvalue weighted by Crippen LogP contribution is 2.26. The molecule has 1 heterocycles. The van der Waals surface area contributed by atoms with Crippen LogP contribution in [-0.4, -0.2) is 15.8 Å². The van der Waals surface area contributed by atoms with Gasteiger partial charge in [0.05, 0.1) is 11.1 Å². The van der Waals surface area contributed by atoms with Crippen LogP contribution in [0, 0.1) is 0 Å². The zero-order valence-corrected chi connectivity index (χ0v) is 12.0. The molecule has 94 valence electrons. The Morgan fingerprint density at radius 2 is 2.06 bits per heavy atom. The van der Waals surface area contributed by atoms with E-state index < -0.39 is 6.10 Å². The van der Waals surface area contributed by atoms with Gasteiger partial charge < -0.3 is 10.8 Å². The van der Waals surface area contributed by atoms with E-state index >= 15 is 0 Å². The summed E-state index contributed by atoms with van der Waals surface area (Å²) >= 11 is 4.84. The van der Waals surface area contributed by atoms with Crippen LogP contribution in [0.25, 0.3) is 0 Å². The Kier molecular flexibility index (Phi) is 4.63. The van der Waals surface area contributed by atoms with Crippen LogP contribution in [0.4, 0.5) is 5.69 Å². The van der Waals surface area contributed by atoms with Gasteiger partial charge in [0.25, 0.3) is 0 Å². The second-order valence-corrected chi connectivity index (χ2v) is 5.73. The molecule has 1 aromatic carbocycles. The highest BCUT2D eigenvalue weighted by molar-refractivity contribution is 9.10. The third-order valence-corrected chi connectivity index (χ3v) is 3.93. The fraction of sp³-hybridized carbons (Fsp3) is 0.154. The summed E-state index contributed by atoms with van der Waals surface area (Å²) in [5.41, 5.74) is 7.20. The second kappa shape index (κ2) is 6.22. The fourth-order valence-electron chi connectivity index (χ4n) is 1.52. The molecule has 0 saturated heterocycles. The molecule has 1 aromatic heterocycles. The van der Waals surface area contributed by atoms with E-state index in [1.807, 2.05) is 30.3 Å². The number of halogens is 1. The van der Waals surface area contributed by atoms with E-state index in [0.717, 1.165) is 15.1 Å². The average molecular weight is 325 g/mol. The van der Waals surface area contributed by atoms with Crippen molar-refractivity contribution in [2.24, 2.45) is 0 Å². The quantitative estimate of drug-likeness (QED) is 0.669. The zero-order valence-electron chi connectivity index (χ0n) is 9.58. The van der Waals surface area contributed by atoms with E-state index in [1.54, 1.807) is 12.3 Å². The molecule has 0 saturated carbocycles. The van der Waals surface area contributed by atoms with E-state index in [9.17, 15) is 5.11 Å². The zero-order chi connectivity index (χ0) is 13.0. The number of thioether (sulfide) groups is 1. The molecule has 0 fully saturated rings. The van der Waals surface area contributed by atoms with Gasteiger partial charge in [-0.25, -0.2) is 4.98 Å². The molecule has 18 heavy (non-hydrogen) atoms. The molecule has 1 atom stereocenters. The number of nitrogen functional groups attached to an aromatic ring is 1. The number of nitrogens with two attached hydrogens (primary N) is 1. The third kappa shape index (κ3) is 3.48. The van der Waals surface area contributed by atoms with E-state index in [2.05, 4.69) is 20.9 Å². The Bertz CT molecular complexity index is 519. The van der Waals surface area contributed by atoms with Crippen LogP contribution >= 0.6 is 27.7 Å². The molecule has 0 bridgehead atoms. The molecule has 3 N–H and O–H groups in total. The van der Waals surface area contributed by atoms with Crippen molar-refractivity contribution in [3.63, 3.8) is 0 Å². The number of rotatable bonds is 4. The van der Waals surface area contributed by atoms with Crippen molar-refractivity contribution in [2.45, 2.75) is 11.1 Å². The lowest BCUT2D eigenvalue weighted by Crippen LogP contribution is -2.04. The van der Waals surface area contributed by atoms with Gasteiger partial charge in [0.15, 0.2) is 0 Å². The van der Waals surface area contributed by atoms with Crippen LogP contribution in [0.5, 0.6) is 0 Å². The maximum Gasteiger partial charge on any atom is 0.0961 e. The van der Waals surface area contributed by atoms with Gasteiger partial charge in [-0.05, 0) is 34.1 Å². The maximum atomic E-state index is 10.1. The van der Waals surface area contributed by atoms with Crippen molar-refractivity contribution in [3.05, 3.63) is 52.6 Å². The predicted molar refractivity (Wildman–Crippen MR) is 78.5 cm³/mol. The summed E-state index contributed by atoms with van der Waals surface area (Å²) in [5, 5.41) is 11.0. The molecule has 3 nitrogen and oxygen atoms in total. The first kappa shape index (κ1) is 13.4. The molecule has 0 aliphatic rings. The highest BCUT2D eigenvalue weighted by Gasteiger charge is 2.11. The predicted octanol–water partition coefficient (Wildman–Crippen LogP) is 3.25. The Labute approximate surface area is 119 Å². The van der Waals surface area contributed by atoms with Gasteiger partial charge in [-0.15, -0.1) is 11.8 Å². The molecular weight excluding hydrogens is 312 g/mol. The SMILES string of the molecule is Nc1ccccc1C(O)CSc1ccc(Br)cn1. The first-order chi connectivity index (χ1) is 8.66. The normalized spacial score (nSPS) is 12.3. The van der Waals surface area contributed by atoms with Crippen LogP contribution in [0.2, 0.25) is 0 Å². The molecule has 2 rings (SSSR count). The third-order valence-electron chi connectivity index (χ3n) is 2.44. The van der Waals surface area contributed by atoms with Crippen molar-refractivity contribution >= 4 is 33.4 Å². The minimum atomic E-state index is -0.582. The first-order valence-electron chi connectivity index (χ1n) is 5.43. The van der Waals surface area contributed by atoms with Crippen LogP contribution in [0.3, 0.4) is 0 Å². The lowest BCUT2D eigenvalue weighted by molar-refractivity contribution is 0.205. The van der Waals surface area contributed by atoms with Crippen molar-refractivity contribution in [1.82, 2.24) is 4.98 Å². The summed E-state index contributed by atoms with van der Waals surface area (Å²) in [4.78, 5) is 4.24. The summed E-state index contributed by atoms with van der Waals surface area (Å²) in [7, 11) is 0. The summed E-state index contributed by atoms with van der Waals surface area (Å²) < 4.78 is 0.944. The highest BCUT2D eigenvalue weighted by atomic mass is 79.9. The fourth-order valence-corrected chi connectivity index (χ4v) is 2.55. The molecule has 0 spiro atoms. The van der Waals surface area contributed by atoms with Crippen molar-refractivity contribution in [1.29, 1.82) is 0 Å². The number of para-hydroxylation sites is 1. The molecule has 0 aliphatic heterocycles. The number of pyridine rings is 1. The first-order valence-corrected chi connectivity index (χ1v) is 7.21. The monoisotopic (exact) mass is 324 g/mol. The lowest BCUT2D eigenvalue weighted by Gasteiger charge is -2.12. The number of aromatic nitrogens is 1. The van der Waals surface area contributed by atoms with Gasteiger partial charge >= 0.3 is 0 Å². The van der Waals surface area contributed by atoms with Gasteiger partial charge in [0, 0.05) is 27.7 Å². The number of anilines is 1. The van der Waals surface area contributed by atoms with Crippen molar-refractivity contribution in [3.8, 4) is 0 Å². The lowest BCUT2D eigenvalue weighted by atomic mass is 10.1. The Morgan fingerprint density at radius 1 is 1.28 bits per heavy atom. The van der Waals surface area contributed by atoms with Gasteiger partial charge in [0.2, 0.25) is 0 Å². The van der Waals surface area contributed by atoms with E-state index in [0.29, 0.717) is 11.4 Å². The molecule has 5 heteroatoms. The molecular formula is C13H13BrN2OS. The van der Waals surface area contributed by atoms with Gasteiger partial charge in [-0.1, -0.05) is 18.2 Å². The molecule has 0 amide bonds. The van der Waals surface area contributed by atoms with Crippen molar-refractivity contribution in [2.75, 3.05) is 11.5 Å². The smallest absolute Gasteiger partial charge is 0.0961 e. The van der Waals surface area contributed by atoms with E-state index in [4.69, 9.17) is 5.73 Å². The average Bonchev–Trinajstić information content (AvgIpc) is 2.38. The number of hydrogen-bond donors (Lipinski definition) is 2. The van der Waals surface area contributed by atoms with E-state index in [1.165, 1.54) is 11.8 Å². The minimum absolute atomic E-state index is 0.531. The summed E-state index contributed by atoms with van der Waals surface area (Å²) in [6.45, 7) is 0. The number of hydrogen-bond acceptors (Lipinski definition) is 4. The van der Waals surface area contributed by atoms with Gasteiger partial charge in [-0.3, -0.25) is 0 Å². The Morgan fingerprint density at radius 3 is 2.72 bits per heavy atom. The van der Waals surface area contributed by atoms with Gasteiger partial charge in [0.1, 0.15) is 0 Å².